The van der Waals surface area contributed by atoms with Gasteiger partial charge in [0.15, 0.2) is 0 Å². The normalized spacial score (nSPS) is 13.1. The van der Waals surface area contributed by atoms with E-state index in [9.17, 15) is 22.8 Å². The first-order valence-electron chi connectivity index (χ1n) is 10.5. The Morgan fingerprint density at radius 3 is 2.53 bits per heavy atom. The number of pyridine rings is 1. The first kappa shape index (κ1) is 21.8. The number of anilines is 1. The van der Waals surface area contributed by atoms with Gasteiger partial charge in [-0.1, -0.05) is 30.3 Å². The number of alkyl halides is 3. The van der Waals surface area contributed by atoms with Crippen LogP contribution in [0, 0.1) is 0 Å². The fourth-order valence-electron chi connectivity index (χ4n) is 4.14. The molecule has 1 aliphatic rings. The van der Waals surface area contributed by atoms with Gasteiger partial charge >= 0.3 is 6.18 Å². The fourth-order valence-corrected chi connectivity index (χ4v) is 4.14. The molecule has 0 spiro atoms. The number of hydrogen-bond donors (Lipinski definition) is 1. The van der Waals surface area contributed by atoms with E-state index < -0.39 is 17.6 Å². The van der Waals surface area contributed by atoms with Gasteiger partial charge in [0.05, 0.1) is 22.3 Å². The molecule has 1 N–H and O–H groups in total. The average Bonchev–Trinajstić information content (AvgIpc) is 3.23. The molecular weight excluding hydrogens is 419 g/mol. The monoisotopic (exact) mass is 441 g/mol. The van der Waals surface area contributed by atoms with Crippen LogP contribution in [0.3, 0.4) is 0 Å². The number of carbonyl (C=O) groups excluding carboxylic acids is 2. The van der Waals surface area contributed by atoms with E-state index in [0.717, 1.165) is 47.5 Å². The Morgan fingerprint density at radius 2 is 1.78 bits per heavy atom. The lowest BCUT2D eigenvalue weighted by Crippen LogP contribution is -2.38. The number of para-hydroxylation sites is 2. The molecule has 1 aliphatic carbocycles. The van der Waals surface area contributed by atoms with E-state index in [1.807, 2.05) is 24.3 Å². The summed E-state index contributed by atoms with van der Waals surface area (Å²) in [6.45, 7) is 1.62. The van der Waals surface area contributed by atoms with Crippen LogP contribution in [0.25, 0.3) is 10.9 Å². The molecule has 0 atom stereocenters. The van der Waals surface area contributed by atoms with E-state index in [2.05, 4.69) is 10.3 Å². The van der Waals surface area contributed by atoms with Gasteiger partial charge < -0.3 is 10.2 Å². The molecule has 8 heteroatoms. The molecule has 166 valence electrons. The standard InChI is InChI=1S/C24H22F3N3O2/c1-2-30(14-21(31)29-20-12-6-4-10-17(20)24(25,26)27)23(32)22-15-8-3-5-11-18(15)28-19-13-7-9-16(19)22/h3-6,8,10-12H,2,7,9,13-14H2,1H3,(H,29,31). The molecule has 0 radical (unpaired) electrons. The fraction of sp³-hybridized carbons (Fsp3) is 0.292. The molecule has 0 fully saturated rings. The summed E-state index contributed by atoms with van der Waals surface area (Å²) in [5, 5.41) is 3.03. The molecule has 2 amide bonds. The second-order valence-corrected chi connectivity index (χ2v) is 7.69. The van der Waals surface area contributed by atoms with Crippen LogP contribution < -0.4 is 5.32 Å². The average molecular weight is 441 g/mol. The molecule has 2 aromatic carbocycles. The Labute approximate surface area is 183 Å². The highest BCUT2D eigenvalue weighted by Crippen LogP contribution is 2.35. The van der Waals surface area contributed by atoms with Crippen molar-refractivity contribution in [3.63, 3.8) is 0 Å². The second kappa shape index (κ2) is 8.61. The van der Waals surface area contributed by atoms with Crippen molar-refractivity contribution >= 4 is 28.4 Å². The van der Waals surface area contributed by atoms with Crippen molar-refractivity contribution in [3.8, 4) is 0 Å². The number of rotatable bonds is 5. The number of fused-ring (bicyclic) bond motifs is 2. The molecule has 0 saturated carbocycles. The first-order valence-corrected chi connectivity index (χ1v) is 10.5. The molecule has 0 saturated heterocycles. The van der Waals surface area contributed by atoms with Gasteiger partial charge in [-0.2, -0.15) is 13.2 Å². The van der Waals surface area contributed by atoms with E-state index >= 15 is 0 Å². The molecular formula is C24H22F3N3O2. The summed E-state index contributed by atoms with van der Waals surface area (Å²) >= 11 is 0. The van der Waals surface area contributed by atoms with Gasteiger partial charge in [0.1, 0.15) is 6.54 Å². The van der Waals surface area contributed by atoms with Crippen LogP contribution in [-0.2, 0) is 23.8 Å². The summed E-state index contributed by atoms with van der Waals surface area (Å²) in [6.07, 6.45) is -2.17. The molecule has 1 heterocycles. The maximum atomic E-state index is 13.5. The van der Waals surface area contributed by atoms with E-state index in [1.165, 1.54) is 23.1 Å². The van der Waals surface area contributed by atoms with Crippen molar-refractivity contribution in [2.75, 3.05) is 18.4 Å². The van der Waals surface area contributed by atoms with Crippen LogP contribution in [0.15, 0.2) is 48.5 Å². The molecule has 32 heavy (non-hydrogen) atoms. The van der Waals surface area contributed by atoms with Crippen LogP contribution >= 0.6 is 0 Å². The molecule has 3 aromatic rings. The van der Waals surface area contributed by atoms with Crippen molar-refractivity contribution in [3.05, 3.63) is 70.9 Å². The summed E-state index contributed by atoms with van der Waals surface area (Å²) < 4.78 is 39.7. The second-order valence-electron chi connectivity index (χ2n) is 7.69. The van der Waals surface area contributed by atoms with E-state index in [1.54, 1.807) is 6.92 Å². The number of aromatic nitrogens is 1. The Bertz CT molecular complexity index is 1190. The van der Waals surface area contributed by atoms with Gasteiger partial charge in [-0.3, -0.25) is 14.6 Å². The highest BCUT2D eigenvalue weighted by molar-refractivity contribution is 6.09. The number of carbonyl (C=O) groups is 2. The van der Waals surface area contributed by atoms with E-state index in [4.69, 9.17) is 0 Å². The summed E-state index contributed by atoms with van der Waals surface area (Å²) in [6, 6.07) is 12.2. The summed E-state index contributed by atoms with van der Waals surface area (Å²) in [4.78, 5) is 32.1. The van der Waals surface area contributed by atoms with Gasteiger partial charge in [0, 0.05) is 17.6 Å². The minimum absolute atomic E-state index is 0.235. The third-order valence-corrected chi connectivity index (χ3v) is 5.64. The number of nitrogens with one attached hydrogen (secondary N) is 1. The third-order valence-electron chi connectivity index (χ3n) is 5.64. The Morgan fingerprint density at radius 1 is 1.06 bits per heavy atom. The number of nitrogens with zero attached hydrogens (tertiary/aromatic N) is 2. The van der Waals surface area contributed by atoms with Gasteiger partial charge in [-0.25, -0.2) is 0 Å². The Balaban J connectivity index is 1.61. The number of likely N-dealkylation sites (N-methyl/N-ethyl adjacent to an activating group) is 1. The highest BCUT2D eigenvalue weighted by Gasteiger charge is 2.34. The number of aryl methyl sites for hydroxylation is 1. The van der Waals surface area contributed by atoms with Crippen LogP contribution in [0.2, 0.25) is 0 Å². The molecule has 0 bridgehead atoms. The van der Waals surface area contributed by atoms with Gasteiger partial charge in [0.2, 0.25) is 5.91 Å². The molecule has 0 aliphatic heterocycles. The predicted molar refractivity (Wildman–Crippen MR) is 115 cm³/mol. The molecule has 1 aromatic heterocycles. The molecule has 0 unspecified atom stereocenters. The van der Waals surface area contributed by atoms with Crippen molar-refractivity contribution in [2.45, 2.75) is 32.4 Å². The summed E-state index contributed by atoms with van der Waals surface area (Å²) in [7, 11) is 0. The van der Waals surface area contributed by atoms with Crippen molar-refractivity contribution in [2.24, 2.45) is 0 Å². The minimum Gasteiger partial charge on any atom is -0.330 e. The Hall–Kier alpha value is -3.42. The lowest BCUT2D eigenvalue weighted by atomic mass is 10.00. The smallest absolute Gasteiger partial charge is 0.330 e. The van der Waals surface area contributed by atoms with Gasteiger partial charge in [0.25, 0.3) is 5.91 Å². The number of benzene rings is 2. The zero-order valence-corrected chi connectivity index (χ0v) is 17.5. The maximum Gasteiger partial charge on any atom is 0.418 e. The van der Waals surface area contributed by atoms with Crippen LogP contribution in [-0.4, -0.2) is 34.8 Å². The number of amides is 2. The van der Waals surface area contributed by atoms with Crippen molar-refractivity contribution < 1.29 is 22.8 Å². The lowest BCUT2D eigenvalue weighted by Gasteiger charge is -2.23. The number of halogens is 3. The summed E-state index contributed by atoms with van der Waals surface area (Å²) in [5.41, 5.74) is 1.79. The third kappa shape index (κ3) is 4.17. The lowest BCUT2D eigenvalue weighted by molar-refractivity contribution is -0.137. The predicted octanol–water partition coefficient (Wildman–Crippen LogP) is 4.84. The Kier molecular flexibility index (Phi) is 5.86. The highest BCUT2D eigenvalue weighted by atomic mass is 19.4. The van der Waals surface area contributed by atoms with E-state index in [-0.39, 0.29) is 24.7 Å². The number of hydrogen-bond acceptors (Lipinski definition) is 3. The van der Waals surface area contributed by atoms with E-state index in [0.29, 0.717) is 5.56 Å². The zero-order chi connectivity index (χ0) is 22.9. The molecule has 4 rings (SSSR count). The van der Waals surface area contributed by atoms with Crippen LogP contribution in [0.5, 0.6) is 0 Å². The van der Waals surface area contributed by atoms with Crippen LogP contribution in [0.1, 0.15) is 40.5 Å². The zero-order valence-electron chi connectivity index (χ0n) is 17.5. The SMILES string of the molecule is CCN(CC(=O)Nc1ccccc1C(F)(F)F)C(=O)c1c2c(nc3ccccc13)CCC2. The molecule has 5 nitrogen and oxygen atoms in total. The topological polar surface area (TPSA) is 62.3 Å². The minimum atomic E-state index is -4.60. The largest absolute Gasteiger partial charge is 0.418 e. The van der Waals surface area contributed by atoms with Gasteiger partial charge in [-0.05, 0) is 49.9 Å². The first-order chi connectivity index (χ1) is 15.3. The van der Waals surface area contributed by atoms with Crippen molar-refractivity contribution in [1.82, 2.24) is 9.88 Å². The van der Waals surface area contributed by atoms with Crippen molar-refractivity contribution in [1.29, 1.82) is 0 Å². The quantitative estimate of drug-likeness (QED) is 0.616. The maximum absolute atomic E-state index is 13.5. The van der Waals surface area contributed by atoms with Gasteiger partial charge in [-0.15, -0.1) is 0 Å². The summed E-state index contributed by atoms with van der Waals surface area (Å²) in [5.74, 6) is -1.00. The van der Waals surface area contributed by atoms with Crippen LogP contribution in [0.4, 0.5) is 18.9 Å².